The maximum atomic E-state index is 12.5. The summed E-state index contributed by atoms with van der Waals surface area (Å²) in [5, 5.41) is 0.445. The molecule has 3 rings (SSSR count). The fourth-order valence-electron chi connectivity index (χ4n) is 2.88. The Morgan fingerprint density at radius 1 is 1.18 bits per heavy atom. The van der Waals surface area contributed by atoms with E-state index in [1.165, 1.54) is 18.2 Å². The molecule has 1 N–H and O–H groups in total. The molecule has 1 heterocycles. The van der Waals surface area contributed by atoms with Crippen molar-refractivity contribution in [3.63, 3.8) is 0 Å². The number of hydrogen-bond donors (Lipinski definition) is 1. The molecule has 0 spiro atoms. The van der Waals surface area contributed by atoms with Crippen LogP contribution >= 0.6 is 23.2 Å². The number of rotatable bonds is 5. The molecule has 9 heteroatoms. The van der Waals surface area contributed by atoms with Crippen molar-refractivity contribution in [1.82, 2.24) is 4.90 Å². The summed E-state index contributed by atoms with van der Waals surface area (Å²) in [6, 6.07) is 10.8. The Morgan fingerprint density at radius 2 is 1.89 bits per heavy atom. The summed E-state index contributed by atoms with van der Waals surface area (Å²) >= 11 is 11.7. The van der Waals surface area contributed by atoms with Crippen LogP contribution in [0.5, 0.6) is 0 Å². The summed E-state index contributed by atoms with van der Waals surface area (Å²) in [7, 11) is -3.79. The lowest BCUT2D eigenvalue weighted by molar-refractivity contribution is -0.137. The van der Waals surface area contributed by atoms with Gasteiger partial charge in [0.05, 0.1) is 34.1 Å². The number of nitrogens with one attached hydrogen (secondary N) is 1. The predicted octanol–water partition coefficient (Wildman–Crippen LogP) is 3.58. The van der Waals surface area contributed by atoms with Crippen LogP contribution in [-0.4, -0.2) is 45.0 Å². The number of carbonyl (C=O) groups is 1. The van der Waals surface area contributed by atoms with E-state index in [9.17, 15) is 13.2 Å². The van der Waals surface area contributed by atoms with Crippen molar-refractivity contribution in [2.75, 3.05) is 24.4 Å². The maximum Gasteiger partial charge on any atom is 0.261 e. The normalized spacial score (nSPS) is 17.4. The number of ether oxygens (including phenoxy) is 1. The highest BCUT2D eigenvalue weighted by molar-refractivity contribution is 7.92. The van der Waals surface area contributed by atoms with E-state index in [-0.39, 0.29) is 33.4 Å². The highest BCUT2D eigenvalue weighted by atomic mass is 35.5. The van der Waals surface area contributed by atoms with E-state index in [2.05, 4.69) is 4.72 Å². The molecule has 1 aliphatic rings. The molecule has 1 unspecified atom stereocenters. The van der Waals surface area contributed by atoms with Crippen LogP contribution in [-0.2, 0) is 26.0 Å². The summed E-state index contributed by atoms with van der Waals surface area (Å²) in [4.78, 5) is 14.2. The van der Waals surface area contributed by atoms with E-state index >= 15 is 0 Å². The second-order valence-electron chi connectivity index (χ2n) is 6.58. The van der Waals surface area contributed by atoms with Gasteiger partial charge in [0.25, 0.3) is 10.0 Å². The molecule has 6 nitrogen and oxygen atoms in total. The maximum absolute atomic E-state index is 12.5. The molecule has 0 radical (unpaired) electrons. The first-order valence-corrected chi connectivity index (χ1v) is 10.9. The number of hydrogen-bond acceptors (Lipinski definition) is 4. The van der Waals surface area contributed by atoms with Gasteiger partial charge in [-0.2, -0.15) is 0 Å². The van der Waals surface area contributed by atoms with Crippen LogP contribution in [0.1, 0.15) is 12.5 Å². The van der Waals surface area contributed by atoms with Crippen LogP contribution in [0.2, 0.25) is 10.0 Å². The third-order valence-corrected chi connectivity index (χ3v) is 6.47. The van der Waals surface area contributed by atoms with Gasteiger partial charge in [0.15, 0.2) is 0 Å². The molecule has 0 bridgehead atoms. The lowest BCUT2D eigenvalue weighted by Crippen LogP contribution is -2.45. The minimum Gasteiger partial charge on any atom is -0.375 e. The molecule has 1 saturated heterocycles. The minimum atomic E-state index is -3.79. The third-order valence-electron chi connectivity index (χ3n) is 4.36. The van der Waals surface area contributed by atoms with Gasteiger partial charge in [-0.25, -0.2) is 8.42 Å². The van der Waals surface area contributed by atoms with Crippen LogP contribution in [0, 0.1) is 0 Å². The van der Waals surface area contributed by atoms with Crippen LogP contribution in [0.3, 0.4) is 0 Å². The number of amides is 1. The first kappa shape index (κ1) is 20.9. The molecule has 2 aromatic carbocycles. The van der Waals surface area contributed by atoms with Crippen LogP contribution in [0.15, 0.2) is 47.4 Å². The lowest BCUT2D eigenvalue weighted by Gasteiger charge is -2.31. The van der Waals surface area contributed by atoms with E-state index in [1.54, 1.807) is 29.2 Å². The van der Waals surface area contributed by atoms with E-state index in [0.29, 0.717) is 25.4 Å². The average molecular weight is 443 g/mol. The van der Waals surface area contributed by atoms with E-state index in [1.807, 2.05) is 6.92 Å². The number of nitrogens with zero attached hydrogens (tertiary/aromatic N) is 1. The molecule has 1 fully saturated rings. The fourth-order valence-corrected chi connectivity index (χ4v) is 4.33. The Balaban J connectivity index is 1.65. The predicted molar refractivity (Wildman–Crippen MR) is 109 cm³/mol. The SMILES string of the molecule is CC1CN(C(=O)Cc2ccc(NS(=O)(=O)c3ccc(Cl)c(Cl)c3)cc2)CCO1. The third kappa shape index (κ3) is 5.17. The Labute approximate surface area is 174 Å². The molecular weight excluding hydrogens is 423 g/mol. The first-order chi connectivity index (χ1) is 13.2. The molecule has 0 aromatic heterocycles. The monoisotopic (exact) mass is 442 g/mol. The quantitative estimate of drug-likeness (QED) is 0.767. The van der Waals surface area contributed by atoms with Crippen LogP contribution < -0.4 is 4.72 Å². The Kier molecular flexibility index (Phi) is 6.50. The van der Waals surface area contributed by atoms with Crippen molar-refractivity contribution < 1.29 is 17.9 Å². The number of sulfonamides is 1. The van der Waals surface area contributed by atoms with Gasteiger partial charge in [-0.1, -0.05) is 35.3 Å². The molecule has 0 saturated carbocycles. The number of benzene rings is 2. The van der Waals surface area contributed by atoms with Gasteiger partial charge < -0.3 is 9.64 Å². The average Bonchev–Trinajstić information content (AvgIpc) is 2.65. The lowest BCUT2D eigenvalue weighted by atomic mass is 10.1. The van der Waals surface area contributed by atoms with E-state index < -0.39 is 10.0 Å². The summed E-state index contributed by atoms with van der Waals surface area (Å²) < 4.78 is 32.9. The zero-order chi connectivity index (χ0) is 20.3. The highest BCUT2D eigenvalue weighted by Crippen LogP contribution is 2.26. The minimum absolute atomic E-state index is 0.0163. The number of anilines is 1. The van der Waals surface area contributed by atoms with Crippen molar-refractivity contribution >= 4 is 44.8 Å². The van der Waals surface area contributed by atoms with Gasteiger partial charge in [-0.15, -0.1) is 0 Å². The van der Waals surface area contributed by atoms with Crippen molar-refractivity contribution in [2.24, 2.45) is 0 Å². The topological polar surface area (TPSA) is 75.7 Å². The first-order valence-electron chi connectivity index (χ1n) is 8.71. The van der Waals surface area contributed by atoms with Gasteiger partial charge in [-0.3, -0.25) is 9.52 Å². The zero-order valence-corrected chi connectivity index (χ0v) is 17.5. The van der Waals surface area contributed by atoms with Crippen LogP contribution in [0.4, 0.5) is 5.69 Å². The molecule has 150 valence electrons. The number of morpholine rings is 1. The summed E-state index contributed by atoms with van der Waals surface area (Å²) in [5.74, 6) is 0.0271. The molecule has 2 aromatic rings. The Morgan fingerprint density at radius 3 is 2.54 bits per heavy atom. The Hall–Kier alpha value is -1.80. The highest BCUT2D eigenvalue weighted by Gasteiger charge is 2.21. The second-order valence-corrected chi connectivity index (χ2v) is 9.07. The largest absolute Gasteiger partial charge is 0.375 e. The summed E-state index contributed by atoms with van der Waals surface area (Å²) in [5.41, 5.74) is 1.20. The molecular formula is C19H20Cl2N2O4S. The zero-order valence-electron chi connectivity index (χ0n) is 15.2. The van der Waals surface area contributed by atoms with E-state index in [4.69, 9.17) is 27.9 Å². The number of carbonyl (C=O) groups excluding carboxylic acids is 1. The van der Waals surface area contributed by atoms with Gasteiger partial charge in [0.2, 0.25) is 5.91 Å². The van der Waals surface area contributed by atoms with Gasteiger partial charge in [0.1, 0.15) is 0 Å². The summed E-state index contributed by atoms with van der Waals surface area (Å²) in [6.07, 6.45) is 0.294. The number of halogens is 2. The molecule has 1 atom stereocenters. The Bertz CT molecular complexity index is 964. The fraction of sp³-hybridized carbons (Fsp3) is 0.316. The van der Waals surface area contributed by atoms with Gasteiger partial charge >= 0.3 is 0 Å². The molecule has 1 amide bonds. The van der Waals surface area contributed by atoms with E-state index in [0.717, 1.165) is 5.56 Å². The van der Waals surface area contributed by atoms with Crippen molar-refractivity contribution in [1.29, 1.82) is 0 Å². The van der Waals surface area contributed by atoms with Crippen molar-refractivity contribution in [3.05, 3.63) is 58.1 Å². The molecule has 28 heavy (non-hydrogen) atoms. The smallest absolute Gasteiger partial charge is 0.261 e. The van der Waals surface area contributed by atoms with Gasteiger partial charge in [0, 0.05) is 18.8 Å². The van der Waals surface area contributed by atoms with Crippen molar-refractivity contribution in [3.8, 4) is 0 Å². The standard InChI is InChI=1S/C19H20Cl2N2O4S/c1-13-12-23(8-9-27-13)19(24)10-14-2-4-15(5-3-14)22-28(25,26)16-6-7-17(20)18(21)11-16/h2-7,11,13,22H,8-10,12H2,1H3. The van der Waals surface area contributed by atoms with Crippen molar-refractivity contribution in [2.45, 2.75) is 24.3 Å². The molecule has 0 aliphatic carbocycles. The van der Waals surface area contributed by atoms with Gasteiger partial charge in [-0.05, 0) is 42.8 Å². The van der Waals surface area contributed by atoms with Crippen LogP contribution in [0.25, 0.3) is 0 Å². The second kappa shape index (κ2) is 8.69. The summed E-state index contributed by atoms with van der Waals surface area (Å²) in [6.45, 7) is 3.65. The molecule has 1 aliphatic heterocycles.